The van der Waals surface area contributed by atoms with Gasteiger partial charge in [-0.05, 0) is 12.8 Å². The molecule has 0 bridgehead atoms. The van der Waals surface area contributed by atoms with Crippen molar-refractivity contribution in [1.29, 1.82) is 0 Å². The SMILES string of the molecule is COC(=O)[C@H]1C[C@@H](Cl)C1. The minimum absolute atomic E-state index is 0.0810. The van der Waals surface area contributed by atoms with Gasteiger partial charge in [0.25, 0.3) is 0 Å². The van der Waals surface area contributed by atoms with Crippen LogP contribution in [0.3, 0.4) is 0 Å². The van der Waals surface area contributed by atoms with Gasteiger partial charge in [0.2, 0.25) is 0 Å². The summed E-state index contributed by atoms with van der Waals surface area (Å²) in [5.74, 6) is -0.0376. The zero-order valence-corrected chi connectivity index (χ0v) is 6.02. The summed E-state index contributed by atoms with van der Waals surface area (Å²) < 4.78 is 4.50. The molecule has 1 fully saturated rings. The first-order valence-corrected chi connectivity index (χ1v) is 3.39. The van der Waals surface area contributed by atoms with Crippen molar-refractivity contribution in [2.45, 2.75) is 18.2 Å². The third kappa shape index (κ3) is 1.36. The molecule has 1 saturated carbocycles. The molecule has 1 rings (SSSR count). The van der Waals surface area contributed by atoms with E-state index in [1.54, 1.807) is 0 Å². The van der Waals surface area contributed by atoms with Crippen LogP contribution in [0.4, 0.5) is 0 Å². The summed E-state index contributed by atoms with van der Waals surface area (Å²) in [5.41, 5.74) is 0. The van der Waals surface area contributed by atoms with E-state index >= 15 is 0 Å². The molecule has 9 heavy (non-hydrogen) atoms. The van der Waals surface area contributed by atoms with Gasteiger partial charge in [0.15, 0.2) is 0 Å². The number of alkyl halides is 1. The molecule has 52 valence electrons. The van der Waals surface area contributed by atoms with Crippen LogP contribution in [0.1, 0.15) is 12.8 Å². The predicted octanol–water partition coefficient (Wildman–Crippen LogP) is 1.18. The summed E-state index contributed by atoms with van der Waals surface area (Å²) in [6.07, 6.45) is 1.57. The third-order valence-electron chi connectivity index (χ3n) is 1.62. The van der Waals surface area contributed by atoms with Crippen molar-refractivity contribution >= 4 is 17.6 Å². The molecule has 0 amide bonds. The molecule has 1 aliphatic carbocycles. The summed E-state index contributed by atoms with van der Waals surface area (Å²) >= 11 is 5.64. The molecule has 0 aliphatic heterocycles. The lowest BCUT2D eigenvalue weighted by Crippen LogP contribution is -2.31. The van der Waals surface area contributed by atoms with Gasteiger partial charge >= 0.3 is 5.97 Å². The number of halogens is 1. The average Bonchev–Trinajstić information content (AvgIpc) is 1.79. The quantitative estimate of drug-likeness (QED) is 0.412. The fourth-order valence-electron chi connectivity index (χ4n) is 0.908. The monoisotopic (exact) mass is 148 g/mol. The van der Waals surface area contributed by atoms with Crippen molar-refractivity contribution in [2.75, 3.05) is 7.11 Å². The molecule has 0 unspecified atom stereocenters. The average molecular weight is 149 g/mol. The number of esters is 1. The fourth-order valence-corrected chi connectivity index (χ4v) is 1.34. The number of ether oxygens (including phenoxy) is 1. The first-order valence-electron chi connectivity index (χ1n) is 2.96. The van der Waals surface area contributed by atoms with Crippen LogP contribution < -0.4 is 0 Å². The Labute approximate surface area is 59.1 Å². The van der Waals surface area contributed by atoms with Gasteiger partial charge in [-0.1, -0.05) is 0 Å². The summed E-state index contributed by atoms with van der Waals surface area (Å²) in [6, 6.07) is 0. The Hall–Kier alpha value is -0.240. The lowest BCUT2D eigenvalue weighted by molar-refractivity contribution is -0.148. The number of hydrogen-bond acceptors (Lipinski definition) is 2. The Morgan fingerprint density at radius 2 is 2.22 bits per heavy atom. The second-order valence-corrected chi connectivity index (χ2v) is 2.91. The van der Waals surface area contributed by atoms with Gasteiger partial charge in [-0.15, -0.1) is 11.6 Å². The largest absolute Gasteiger partial charge is 0.469 e. The van der Waals surface area contributed by atoms with E-state index in [1.165, 1.54) is 7.11 Å². The van der Waals surface area contributed by atoms with E-state index in [-0.39, 0.29) is 17.3 Å². The van der Waals surface area contributed by atoms with E-state index in [0.717, 1.165) is 12.8 Å². The molecule has 0 N–H and O–H groups in total. The lowest BCUT2D eigenvalue weighted by atomic mass is 9.85. The van der Waals surface area contributed by atoms with Gasteiger partial charge in [0.1, 0.15) is 0 Å². The maximum absolute atomic E-state index is 10.7. The van der Waals surface area contributed by atoms with E-state index < -0.39 is 0 Å². The van der Waals surface area contributed by atoms with Crippen LogP contribution in [0.15, 0.2) is 0 Å². The highest BCUT2D eigenvalue weighted by Gasteiger charge is 2.33. The molecule has 0 aromatic carbocycles. The Morgan fingerprint density at radius 1 is 1.67 bits per heavy atom. The summed E-state index contributed by atoms with van der Waals surface area (Å²) in [5, 5.41) is 0.203. The molecule has 0 aromatic heterocycles. The van der Waals surface area contributed by atoms with Crippen LogP contribution in [-0.2, 0) is 9.53 Å². The van der Waals surface area contributed by atoms with E-state index in [2.05, 4.69) is 4.74 Å². The Kier molecular flexibility index (Phi) is 1.96. The van der Waals surface area contributed by atoms with Crippen LogP contribution >= 0.6 is 11.6 Å². The molecule has 0 atom stereocenters. The van der Waals surface area contributed by atoms with Crippen LogP contribution in [0, 0.1) is 5.92 Å². The predicted molar refractivity (Wildman–Crippen MR) is 34.4 cm³/mol. The maximum Gasteiger partial charge on any atom is 0.308 e. The topological polar surface area (TPSA) is 26.3 Å². The van der Waals surface area contributed by atoms with E-state index in [4.69, 9.17) is 11.6 Å². The minimum atomic E-state index is -0.119. The number of carbonyl (C=O) groups excluding carboxylic acids is 1. The van der Waals surface area contributed by atoms with Gasteiger partial charge in [-0.3, -0.25) is 4.79 Å². The Bertz CT molecular complexity index is 118. The smallest absolute Gasteiger partial charge is 0.308 e. The number of methoxy groups -OCH3 is 1. The van der Waals surface area contributed by atoms with Crippen LogP contribution in [0.25, 0.3) is 0 Å². The second kappa shape index (κ2) is 2.56. The molecule has 0 spiro atoms. The first-order chi connectivity index (χ1) is 4.24. The highest BCUT2D eigenvalue weighted by atomic mass is 35.5. The highest BCUT2D eigenvalue weighted by Crippen LogP contribution is 2.32. The van der Waals surface area contributed by atoms with Crippen molar-refractivity contribution in [3.05, 3.63) is 0 Å². The zero-order valence-electron chi connectivity index (χ0n) is 5.26. The number of rotatable bonds is 1. The van der Waals surface area contributed by atoms with Gasteiger partial charge in [-0.2, -0.15) is 0 Å². The molecular formula is C6H9ClO2. The zero-order chi connectivity index (χ0) is 6.85. The molecule has 0 aromatic rings. The molecule has 0 saturated heterocycles. The summed E-state index contributed by atoms with van der Waals surface area (Å²) in [6.45, 7) is 0. The number of carbonyl (C=O) groups is 1. The van der Waals surface area contributed by atoms with Crippen molar-refractivity contribution in [3.8, 4) is 0 Å². The highest BCUT2D eigenvalue weighted by molar-refractivity contribution is 6.21. The van der Waals surface area contributed by atoms with Crippen molar-refractivity contribution in [1.82, 2.24) is 0 Å². The van der Waals surface area contributed by atoms with E-state index in [9.17, 15) is 4.79 Å². The van der Waals surface area contributed by atoms with E-state index in [0.29, 0.717) is 0 Å². The first kappa shape index (κ1) is 6.87. The molecular weight excluding hydrogens is 140 g/mol. The lowest BCUT2D eigenvalue weighted by Gasteiger charge is -2.27. The van der Waals surface area contributed by atoms with Gasteiger partial charge in [0.05, 0.1) is 13.0 Å². The minimum Gasteiger partial charge on any atom is -0.469 e. The molecule has 0 radical (unpaired) electrons. The molecule has 0 heterocycles. The van der Waals surface area contributed by atoms with Crippen molar-refractivity contribution in [3.63, 3.8) is 0 Å². The third-order valence-corrected chi connectivity index (χ3v) is 1.97. The van der Waals surface area contributed by atoms with Gasteiger partial charge < -0.3 is 4.74 Å². The van der Waals surface area contributed by atoms with Crippen LogP contribution in [-0.4, -0.2) is 18.5 Å². The summed E-state index contributed by atoms with van der Waals surface area (Å²) in [7, 11) is 1.41. The van der Waals surface area contributed by atoms with Crippen LogP contribution in [0.2, 0.25) is 0 Å². The normalized spacial score (nSPS) is 33.1. The van der Waals surface area contributed by atoms with Crippen molar-refractivity contribution in [2.24, 2.45) is 5.92 Å². The summed E-state index contributed by atoms with van der Waals surface area (Å²) in [4.78, 5) is 10.7. The second-order valence-electron chi connectivity index (χ2n) is 2.29. The molecule has 1 aliphatic rings. The molecule has 3 heteroatoms. The Balaban J connectivity index is 2.23. The van der Waals surface area contributed by atoms with Gasteiger partial charge in [0, 0.05) is 5.38 Å². The van der Waals surface area contributed by atoms with E-state index in [1.807, 2.05) is 0 Å². The Morgan fingerprint density at radius 3 is 2.56 bits per heavy atom. The van der Waals surface area contributed by atoms with Crippen molar-refractivity contribution < 1.29 is 9.53 Å². The maximum atomic E-state index is 10.7. The van der Waals surface area contributed by atoms with Gasteiger partial charge in [-0.25, -0.2) is 0 Å². The van der Waals surface area contributed by atoms with Crippen LogP contribution in [0.5, 0.6) is 0 Å². The molecule has 2 nitrogen and oxygen atoms in total. The standard InChI is InChI=1S/C6H9ClO2/c1-9-6(8)4-2-5(7)3-4/h4-5H,2-3H2,1H3/t4-,5+. The number of hydrogen-bond donors (Lipinski definition) is 0. The fraction of sp³-hybridized carbons (Fsp3) is 0.833.